The van der Waals surface area contributed by atoms with Gasteiger partial charge in [0.2, 0.25) is 0 Å². The number of nitrogens with two attached hydrogens (primary N) is 1. The number of carbonyl (C=O) groups excluding carboxylic acids is 1. The fourth-order valence-electron chi connectivity index (χ4n) is 1.52. The van der Waals surface area contributed by atoms with Crippen molar-refractivity contribution in [1.29, 1.82) is 0 Å². The highest BCUT2D eigenvalue weighted by Crippen LogP contribution is 2.18. The Kier molecular flexibility index (Phi) is 4.87. The molecular weight excluding hydrogens is 228 g/mol. The van der Waals surface area contributed by atoms with E-state index in [9.17, 15) is 4.79 Å². The first-order valence-corrected chi connectivity index (χ1v) is 6.04. The second kappa shape index (κ2) is 5.98. The zero-order valence-electron chi connectivity index (χ0n) is 11.4. The van der Waals surface area contributed by atoms with E-state index >= 15 is 0 Å². The van der Waals surface area contributed by atoms with Crippen molar-refractivity contribution >= 4 is 5.91 Å². The molecular formula is C14H22N2O2. The maximum absolute atomic E-state index is 12.2. The quantitative estimate of drug-likeness (QED) is 0.834. The number of ether oxygens (including phenoxy) is 1. The van der Waals surface area contributed by atoms with Crippen molar-refractivity contribution in [2.45, 2.75) is 38.5 Å². The highest BCUT2D eigenvalue weighted by atomic mass is 16.5. The van der Waals surface area contributed by atoms with Crippen LogP contribution in [0.15, 0.2) is 30.3 Å². The molecule has 0 aromatic heterocycles. The minimum absolute atomic E-state index is 0.144. The third-order valence-corrected chi connectivity index (χ3v) is 3.16. The van der Waals surface area contributed by atoms with Crippen molar-refractivity contribution < 1.29 is 9.53 Å². The zero-order valence-corrected chi connectivity index (χ0v) is 11.4. The Hall–Kier alpha value is -1.39. The molecule has 0 saturated carbocycles. The number of nitrogens with one attached hydrogen (secondary N) is 1. The number of rotatable bonds is 5. The highest BCUT2D eigenvalue weighted by molar-refractivity contribution is 5.82. The van der Waals surface area contributed by atoms with Gasteiger partial charge in [-0.3, -0.25) is 4.79 Å². The minimum atomic E-state index is -0.607. The van der Waals surface area contributed by atoms with E-state index in [1.807, 2.05) is 51.1 Å². The molecule has 4 heteroatoms. The molecule has 0 aliphatic rings. The van der Waals surface area contributed by atoms with Crippen LogP contribution in [0.25, 0.3) is 0 Å². The molecule has 1 rings (SSSR count). The predicted octanol–water partition coefficient (Wildman–Crippen LogP) is 1.62. The van der Waals surface area contributed by atoms with E-state index in [1.54, 1.807) is 0 Å². The monoisotopic (exact) mass is 250 g/mol. The normalized spacial score (nSPS) is 14.9. The second-order valence-corrected chi connectivity index (χ2v) is 5.03. The van der Waals surface area contributed by atoms with Gasteiger partial charge in [-0.05, 0) is 26.3 Å². The van der Waals surface area contributed by atoms with Gasteiger partial charge >= 0.3 is 0 Å². The molecule has 4 nitrogen and oxygen atoms in total. The maximum Gasteiger partial charge on any atom is 0.254 e. The third-order valence-electron chi connectivity index (χ3n) is 3.16. The fourth-order valence-corrected chi connectivity index (χ4v) is 1.52. The first kappa shape index (κ1) is 14.7. The molecule has 1 amide bonds. The molecule has 100 valence electrons. The van der Waals surface area contributed by atoms with E-state index in [0.717, 1.165) is 5.56 Å². The Labute approximate surface area is 109 Å². The second-order valence-electron chi connectivity index (χ2n) is 5.03. The third kappa shape index (κ3) is 3.55. The predicted molar refractivity (Wildman–Crippen MR) is 72.1 cm³/mol. The molecule has 0 spiro atoms. The molecule has 3 N–H and O–H groups in total. The molecule has 2 atom stereocenters. The summed E-state index contributed by atoms with van der Waals surface area (Å²) >= 11 is 0. The van der Waals surface area contributed by atoms with Crippen LogP contribution >= 0.6 is 0 Å². The lowest BCUT2D eigenvalue weighted by Crippen LogP contribution is -2.55. The van der Waals surface area contributed by atoms with Gasteiger partial charge < -0.3 is 15.8 Å². The van der Waals surface area contributed by atoms with E-state index in [2.05, 4.69) is 5.32 Å². The van der Waals surface area contributed by atoms with Gasteiger partial charge in [-0.15, -0.1) is 0 Å². The largest absolute Gasteiger partial charge is 0.367 e. The van der Waals surface area contributed by atoms with Crippen LogP contribution in [0.5, 0.6) is 0 Å². The van der Waals surface area contributed by atoms with E-state index in [-0.39, 0.29) is 11.9 Å². The first-order chi connectivity index (χ1) is 8.38. The summed E-state index contributed by atoms with van der Waals surface area (Å²) in [6.45, 7) is 5.66. The van der Waals surface area contributed by atoms with Crippen LogP contribution in [-0.2, 0) is 9.53 Å². The lowest BCUT2D eigenvalue weighted by Gasteiger charge is -2.32. The maximum atomic E-state index is 12.2. The Morgan fingerprint density at radius 3 is 2.33 bits per heavy atom. The van der Waals surface area contributed by atoms with Crippen LogP contribution in [0.3, 0.4) is 0 Å². The number of carbonyl (C=O) groups is 1. The molecule has 0 saturated heterocycles. The minimum Gasteiger partial charge on any atom is -0.367 e. The molecule has 0 radical (unpaired) electrons. The number of methoxy groups -OCH3 is 1. The van der Waals surface area contributed by atoms with Crippen molar-refractivity contribution in [3.63, 3.8) is 0 Å². The van der Waals surface area contributed by atoms with Crippen LogP contribution in [0.1, 0.15) is 32.4 Å². The Morgan fingerprint density at radius 2 is 1.89 bits per heavy atom. The van der Waals surface area contributed by atoms with Gasteiger partial charge in [-0.1, -0.05) is 30.3 Å². The van der Waals surface area contributed by atoms with Crippen molar-refractivity contribution in [2.75, 3.05) is 7.11 Å². The summed E-state index contributed by atoms with van der Waals surface area (Å²) in [5, 5.41) is 2.92. The average Bonchev–Trinajstić information content (AvgIpc) is 2.30. The molecule has 0 aliphatic heterocycles. The number of hydrogen-bond acceptors (Lipinski definition) is 3. The summed E-state index contributed by atoms with van der Waals surface area (Å²) in [5.41, 5.74) is 6.21. The van der Waals surface area contributed by atoms with E-state index in [0.29, 0.717) is 0 Å². The molecule has 0 bridgehead atoms. The lowest BCUT2D eigenvalue weighted by molar-refractivity contribution is -0.133. The molecule has 1 aromatic carbocycles. The van der Waals surface area contributed by atoms with Gasteiger partial charge in [0.15, 0.2) is 6.10 Å². The van der Waals surface area contributed by atoms with Crippen molar-refractivity contribution in [3.8, 4) is 0 Å². The van der Waals surface area contributed by atoms with E-state index in [1.165, 1.54) is 7.11 Å². The Balaban J connectivity index is 2.82. The number of benzene rings is 1. The van der Waals surface area contributed by atoms with Gasteiger partial charge in [-0.25, -0.2) is 0 Å². The summed E-state index contributed by atoms with van der Waals surface area (Å²) in [5.74, 6) is -0.175. The van der Waals surface area contributed by atoms with Gasteiger partial charge in [-0.2, -0.15) is 0 Å². The van der Waals surface area contributed by atoms with Crippen LogP contribution in [-0.4, -0.2) is 24.6 Å². The topological polar surface area (TPSA) is 64.3 Å². The summed E-state index contributed by atoms with van der Waals surface area (Å²) in [4.78, 5) is 12.2. The summed E-state index contributed by atoms with van der Waals surface area (Å²) in [6, 6.07) is 9.25. The number of amides is 1. The van der Waals surface area contributed by atoms with Crippen molar-refractivity contribution in [3.05, 3.63) is 35.9 Å². The number of hydrogen-bond donors (Lipinski definition) is 2. The van der Waals surface area contributed by atoms with E-state index < -0.39 is 11.6 Å². The average molecular weight is 250 g/mol. The molecule has 1 aromatic rings. The Bertz CT molecular complexity index is 388. The van der Waals surface area contributed by atoms with Crippen LogP contribution < -0.4 is 11.1 Å². The van der Waals surface area contributed by atoms with Crippen molar-refractivity contribution in [1.82, 2.24) is 5.32 Å². The van der Waals surface area contributed by atoms with Gasteiger partial charge in [0.1, 0.15) is 0 Å². The van der Waals surface area contributed by atoms with Gasteiger partial charge in [0, 0.05) is 18.7 Å². The summed E-state index contributed by atoms with van der Waals surface area (Å²) in [7, 11) is 1.52. The molecule has 0 fully saturated rings. The highest BCUT2D eigenvalue weighted by Gasteiger charge is 2.29. The van der Waals surface area contributed by atoms with Gasteiger partial charge in [0.25, 0.3) is 5.91 Å². The smallest absolute Gasteiger partial charge is 0.254 e. The van der Waals surface area contributed by atoms with Crippen LogP contribution in [0, 0.1) is 0 Å². The Morgan fingerprint density at radius 1 is 1.33 bits per heavy atom. The summed E-state index contributed by atoms with van der Waals surface area (Å²) in [6.07, 6.45) is -0.607. The van der Waals surface area contributed by atoms with Crippen molar-refractivity contribution in [2.24, 2.45) is 5.73 Å². The fraction of sp³-hybridized carbons (Fsp3) is 0.500. The van der Waals surface area contributed by atoms with Gasteiger partial charge in [0.05, 0.1) is 0 Å². The standard InChI is InChI=1S/C14H22N2O2/c1-10(15)14(2,3)16-13(17)12(18-4)11-8-6-5-7-9-11/h5-10,12H,15H2,1-4H3,(H,16,17). The summed E-state index contributed by atoms with van der Waals surface area (Å²) < 4.78 is 5.27. The SMILES string of the molecule is COC(C(=O)NC(C)(C)C(C)N)c1ccccc1. The molecule has 0 aliphatic carbocycles. The van der Waals surface area contributed by atoms with Crippen LogP contribution in [0.4, 0.5) is 0 Å². The lowest BCUT2D eigenvalue weighted by atomic mass is 9.96. The molecule has 18 heavy (non-hydrogen) atoms. The molecule has 0 heterocycles. The van der Waals surface area contributed by atoms with E-state index in [4.69, 9.17) is 10.5 Å². The molecule has 2 unspecified atom stereocenters. The zero-order chi connectivity index (χ0) is 13.8. The first-order valence-electron chi connectivity index (χ1n) is 6.04. The van der Waals surface area contributed by atoms with Crippen LogP contribution in [0.2, 0.25) is 0 Å².